The topological polar surface area (TPSA) is 94.2 Å². The fourth-order valence-corrected chi connectivity index (χ4v) is 2.54. The number of ether oxygens (including phenoxy) is 3. The number of benzene rings is 1. The molecule has 1 aromatic carbocycles. The summed E-state index contributed by atoms with van der Waals surface area (Å²) in [5, 5.41) is 2.79. The van der Waals surface area contributed by atoms with Crippen molar-refractivity contribution in [2.24, 2.45) is 0 Å². The van der Waals surface area contributed by atoms with Gasteiger partial charge in [-0.25, -0.2) is 9.59 Å². The number of rotatable bonds is 5. The monoisotopic (exact) mass is 362 g/mol. The standard InChI is InChI=1S/C18H22N2O6/c1-5-15(21)19-13-7-6-11(2)8-14(13)20-10-26-9-12(17(22)24-3)16(20)18(23)25-4/h6-8H,5,9-10H2,1-4H3,(H,19,21). The Morgan fingerprint density at radius 2 is 1.88 bits per heavy atom. The second kappa shape index (κ2) is 8.48. The molecule has 1 heterocycles. The summed E-state index contributed by atoms with van der Waals surface area (Å²) >= 11 is 0. The van der Waals surface area contributed by atoms with Crippen molar-refractivity contribution >= 4 is 29.2 Å². The molecule has 0 aromatic heterocycles. The summed E-state index contributed by atoms with van der Waals surface area (Å²) in [6, 6.07) is 5.36. The molecule has 0 unspecified atom stereocenters. The van der Waals surface area contributed by atoms with Gasteiger partial charge >= 0.3 is 11.9 Å². The van der Waals surface area contributed by atoms with Crippen LogP contribution in [0.3, 0.4) is 0 Å². The molecule has 0 spiro atoms. The first-order valence-electron chi connectivity index (χ1n) is 8.08. The minimum atomic E-state index is -0.692. The highest BCUT2D eigenvalue weighted by Gasteiger charge is 2.33. The molecule has 1 aliphatic rings. The van der Waals surface area contributed by atoms with E-state index in [2.05, 4.69) is 5.32 Å². The number of aryl methyl sites for hydroxylation is 1. The molecule has 0 aliphatic carbocycles. The highest BCUT2D eigenvalue weighted by atomic mass is 16.5. The predicted molar refractivity (Wildman–Crippen MR) is 94.5 cm³/mol. The second-order valence-corrected chi connectivity index (χ2v) is 5.64. The lowest BCUT2D eigenvalue weighted by Crippen LogP contribution is -2.39. The van der Waals surface area contributed by atoms with Crippen LogP contribution in [0.25, 0.3) is 0 Å². The largest absolute Gasteiger partial charge is 0.466 e. The first-order valence-corrected chi connectivity index (χ1v) is 8.08. The van der Waals surface area contributed by atoms with Crippen molar-refractivity contribution in [2.75, 3.05) is 37.8 Å². The normalized spacial score (nSPS) is 14.1. The first kappa shape index (κ1) is 19.5. The van der Waals surface area contributed by atoms with Gasteiger partial charge in [-0.1, -0.05) is 13.0 Å². The fourth-order valence-electron chi connectivity index (χ4n) is 2.54. The van der Waals surface area contributed by atoms with Crippen LogP contribution in [0.1, 0.15) is 18.9 Å². The lowest BCUT2D eigenvalue weighted by atomic mass is 10.1. The number of hydrogen-bond acceptors (Lipinski definition) is 7. The Morgan fingerprint density at radius 3 is 2.50 bits per heavy atom. The first-order chi connectivity index (χ1) is 12.4. The highest BCUT2D eigenvalue weighted by molar-refractivity contribution is 6.05. The molecule has 140 valence electrons. The van der Waals surface area contributed by atoms with Gasteiger partial charge in [0.05, 0.1) is 37.8 Å². The molecule has 1 aliphatic heterocycles. The van der Waals surface area contributed by atoms with Crippen LogP contribution in [0, 0.1) is 6.92 Å². The van der Waals surface area contributed by atoms with Gasteiger partial charge in [0.15, 0.2) is 0 Å². The summed E-state index contributed by atoms with van der Waals surface area (Å²) in [4.78, 5) is 37.8. The van der Waals surface area contributed by atoms with Crippen LogP contribution in [0.4, 0.5) is 11.4 Å². The van der Waals surface area contributed by atoms with Crippen LogP contribution in [-0.2, 0) is 28.6 Å². The SMILES string of the molecule is CCC(=O)Nc1ccc(C)cc1N1COCC(C(=O)OC)=C1C(=O)OC. The molecular weight excluding hydrogens is 340 g/mol. The van der Waals surface area contributed by atoms with E-state index in [1.165, 1.54) is 19.1 Å². The van der Waals surface area contributed by atoms with Gasteiger partial charge in [0.25, 0.3) is 0 Å². The van der Waals surface area contributed by atoms with Crippen molar-refractivity contribution in [3.05, 3.63) is 35.0 Å². The number of carbonyl (C=O) groups excluding carboxylic acids is 3. The summed E-state index contributed by atoms with van der Waals surface area (Å²) in [6.45, 7) is 3.56. The fraction of sp³-hybridized carbons (Fsp3) is 0.389. The van der Waals surface area contributed by atoms with Gasteiger partial charge in [-0.3, -0.25) is 4.79 Å². The number of esters is 2. The van der Waals surface area contributed by atoms with Crippen molar-refractivity contribution in [2.45, 2.75) is 20.3 Å². The van der Waals surface area contributed by atoms with Gasteiger partial charge in [0.2, 0.25) is 5.91 Å². The van der Waals surface area contributed by atoms with Crippen LogP contribution in [0.5, 0.6) is 0 Å². The third kappa shape index (κ3) is 4.02. The summed E-state index contributed by atoms with van der Waals surface area (Å²) in [6.07, 6.45) is 0.303. The van der Waals surface area contributed by atoms with Gasteiger partial charge < -0.3 is 24.4 Å². The van der Waals surface area contributed by atoms with Crippen molar-refractivity contribution in [1.29, 1.82) is 0 Å². The van der Waals surface area contributed by atoms with Crippen LogP contribution in [-0.4, -0.2) is 45.4 Å². The molecule has 1 aromatic rings. The average molecular weight is 362 g/mol. The Hall–Kier alpha value is -2.87. The number of amides is 1. The number of methoxy groups -OCH3 is 2. The number of nitrogens with one attached hydrogen (secondary N) is 1. The molecule has 26 heavy (non-hydrogen) atoms. The molecular formula is C18H22N2O6. The van der Waals surface area contributed by atoms with Crippen LogP contribution >= 0.6 is 0 Å². The van der Waals surface area contributed by atoms with Crippen molar-refractivity contribution in [3.8, 4) is 0 Å². The Balaban J connectivity index is 2.61. The number of hydrogen-bond donors (Lipinski definition) is 1. The maximum absolute atomic E-state index is 12.4. The molecule has 0 radical (unpaired) electrons. The Kier molecular flexibility index (Phi) is 6.35. The number of nitrogens with zero attached hydrogens (tertiary/aromatic N) is 1. The van der Waals surface area contributed by atoms with Crippen molar-refractivity contribution in [3.63, 3.8) is 0 Å². The second-order valence-electron chi connectivity index (χ2n) is 5.64. The Bertz CT molecular complexity index is 756. The summed E-state index contributed by atoms with van der Waals surface area (Å²) in [7, 11) is 2.45. The third-order valence-corrected chi connectivity index (χ3v) is 3.87. The molecule has 0 saturated heterocycles. The number of anilines is 2. The Labute approximate surface area is 151 Å². The van der Waals surface area contributed by atoms with E-state index in [-0.39, 0.29) is 30.5 Å². The van der Waals surface area contributed by atoms with Crippen LogP contribution < -0.4 is 10.2 Å². The van der Waals surface area contributed by atoms with Crippen molar-refractivity contribution < 1.29 is 28.6 Å². The zero-order valence-corrected chi connectivity index (χ0v) is 15.3. The van der Waals surface area contributed by atoms with E-state index >= 15 is 0 Å². The van der Waals surface area contributed by atoms with Gasteiger partial charge in [0, 0.05) is 6.42 Å². The van der Waals surface area contributed by atoms with Gasteiger partial charge in [-0.05, 0) is 24.6 Å². The molecule has 1 N–H and O–H groups in total. The van der Waals surface area contributed by atoms with E-state index in [1.54, 1.807) is 19.1 Å². The van der Waals surface area contributed by atoms with E-state index in [1.807, 2.05) is 13.0 Å². The minimum Gasteiger partial charge on any atom is -0.466 e. The van der Waals surface area contributed by atoms with E-state index < -0.39 is 11.9 Å². The molecule has 0 bridgehead atoms. The van der Waals surface area contributed by atoms with Crippen LogP contribution in [0.15, 0.2) is 29.5 Å². The lowest BCUT2D eigenvalue weighted by Gasteiger charge is -2.32. The Morgan fingerprint density at radius 1 is 1.19 bits per heavy atom. The molecule has 8 heteroatoms. The molecule has 2 rings (SSSR count). The highest BCUT2D eigenvalue weighted by Crippen LogP contribution is 2.33. The maximum Gasteiger partial charge on any atom is 0.355 e. The van der Waals surface area contributed by atoms with E-state index in [4.69, 9.17) is 14.2 Å². The lowest BCUT2D eigenvalue weighted by molar-refractivity contribution is -0.140. The average Bonchev–Trinajstić information content (AvgIpc) is 2.67. The van der Waals surface area contributed by atoms with Gasteiger partial charge in [0.1, 0.15) is 12.4 Å². The minimum absolute atomic E-state index is 0.0172. The van der Waals surface area contributed by atoms with E-state index in [0.717, 1.165) is 5.56 Å². The number of carbonyl (C=O) groups is 3. The quantitative estimate of drug-likeness (QED) is 0.797. The molecule has 8 nitrogen and oxygen atoms in total. The van der Waals surface area contributed by atoms with Gasteiger partial charge in [-0.15, -0.1) is 0 Å². The van der Waals surface area contributed by atoms with E-state index in [0.29, 0.717) is 17.8 Å². The molecule has 1 amide bonds. The zero-order valence-electron chi connectivity index (χ0n) is 15.3. The summed E-state index contributed by atoms with van der Waals surface area (Å²) < 4.78 is 15.1. The van der Waals surface area contributed by atoms with Crippen LogP contribution in [0.2, 0.25) is 0 Å². The van der Waals surface area contributed by atoms with Gasteiger partial charge in [-0.2, -0.15) is 0 Å². The maximum atomic E-state index is 12.4. The zero-order chi connectivity index (χ0) is 19.3. The van der Waals surface area contributed by atoms with Crippen molar-refractivity contribution in [1.82, 2.24) is 0 Å². The summed E-state index contributed by atoms with van der Waals surface area (Å²) in [5.41, 5.74) is 2.01. The smallest absolute Gasteiger partial charge is 0.355 e. The van der Waals surface area contributed by atoms with E-state index in [9.17, 15) is 14.4 Å². The molecule has 0 fully saturated rings. The summed E-state index contributed by atoms with van der Waals surface area (Å²) in [5.74, 6) is -1.55. The third-order valence-electron chi connectivity index (χ3n) is 3.87. The molecule has 0 atom stereocenters. The predicted octanol–water partition coefficient (Wildman–Crippen LogP) is 1.74. The molecule has 0 saturated carbocycles.